The Morgan fingerprint density at radius 1 is 1.29 bits per heavy atom. The van der Waals surface area contributed by atoms with Crippen molar-refractivity contribution in [2.75, 3.05) is 6.61 Å². The average molecular weight is 319 g/mol. The van der Waals surface area contributed by atoms with Crippen LogP contribution in [0.15, 0.2) is 34.7 Å². The summed E-state index contributed by atoms with van der Waals surface area (Å²) in [4.78, 5) is 11.5. The maximum atomic E-state index is 12.7. The highest BCUT2D eigenvalue weighted by atomic mass is 35.5. The molecule has 0 aliphatic heterocycles. The van der Waals surface area contributed by atoms with Gasteiger partial charge in [0.25, 0.3) is 0 Å². The maximum absolute atomic E-state index is 12.7. The molecular weight excluding hydrogens is 309 g/mol. The van der Waals surface area contributed by atoms with Gasteiger partial charge in [-0.1, -0.05) is 11.6 Å². The molecule has 0 bridgehead atoms. The van der Waals surface area contributed by atoms with Crippen LogP contribution >= 0.6 is 11.6 Å². The van der Waals surface area contributed by atoms with Crippen molar-refractivity contribution in [2.45, 2.75) is 13.1 Å². The Bertz CT molecular complexity index is 662. The molecule has 0 saturated heterocycles. The van der Waals surface area contributed by atoms with Crippen LogP contribution in [0, 0.1) is 0 Å². The van der Waals surface area contributed by atoms with Crippen LogP contribution in [0.4, 0.5) is 13.2 Å². The molecule has 112 valence electrons. The summed E-state index contributed by atoms with van der Waals surface area (Å²) in [6.07, 6.45) is -4.49. The van der Waals surface area contributed by atoms with Crippen LogP contribution in [-0.2, 0) is 10.9 Å². The Kier molecular flexibility index (Phi) is 4.27. The number of halogens is 4. The van der Waals surface area contributed by atoms with Crippen molar-refractivity contribution in [3.8, 4) is 11.3 Å². The van der Waals surface area contributed by atoms with E-state index in [0.717, 1.165) is 18.2 Å². The molecule has 0 N–H and O–H groups in total. The summed E-state index contributed by atoms with van der Waals surface area (Å²) in [7, 11) is 0. The molecule has 0 saturated carbocycles. The first-order chi connectivity index (χ1) is 9.82. The predicted molar refractivity (Wildman–Crippen MR) is 70.1 cm³/mol. The number of hydrogen-bond donors (Lipinski definition) is 0. The molecule has 7 heteroatoms. The fourth-order valence-electron chi connectivity index (χ4n) is 1.68. The van der Waals surface area contributed by atoms with Gasteiger partial charge in [-0.2, -0.15) is 13.2 Å². The van der Waals surface area contributed by atoms with E-state index in [9.17, 15) is 18.0 Å². The molecule has 1 heterocycles. The highest BCUT2D eigenvalue weighted by molar-refractivity contribution is 6.33. The fourth-order valence-corrected chi connectivity index (χ4v) is 1.90. The Morgan fingerprint density at radius 3 is 2.62 bits per heavy atom. The molecule has 1 aromatic carbocycles. The number of furan rings is 1. The SMILES string of the molecule is CCOC(=O)c1ccc(-c2cc(C(F)(F)F)ccc2Cl)o1. The summed E-state index contributed by atoms with van der Waals surface area (Å²) in [5.41, 5.74) is -0.793. The van der Waals surface area contributed by atoms with Crippen molar-refractivity contribution in [3.63, 3.8) is 0 Å². The molecule has 2 rings (SSSR count). The van der Waals surface area contributed by atoms with E-state index in [0.29, 0.717) is 0 Å². The van der Waals surface area contributed by atoms with Crippen molar-refractivity contribution >= 4 is 17.6 Å². The van der Waals surface area contributed by atoms with Crippen molar-refractivity contribution in [1.29, 1.82) is 0 Å². The number of esters is 1. The first-order valence-electron chi connectivity index (χ1n) is 5.97. The second kappa shape index (κ2) is 5.81. The van der Waals surface area contributed by atoms with Gasteiger partial charge in [0, 0.05) is 5.56 Å². The molecule has 0 atom stereocenters. The summed E-state index contributed by atoms with van der Waals surface area (Å²) in [6.45, 7) is 1.80. The van der Waals surface area contributed by atoms with Gasteiger partial charge in [0.2, 0.25) is 5.76 Å². The molecule has 21 heavy (non-hydrogen) atoms. The summed E-state index contributed by atoms with van der Waals surface area (Å²) in [5, 5.41) is 0.0905. The Hall–Kier alpha value is -1.95. The molecule has 0 unspecified atom stereocenters. The van der Waals surface area contributed by atoms with Gasteiger partial charge in [0.15, 0.2) is 0 Å². The first-order valence-corrected chi connectivity index (χ1v) is 6.34. The second-order valence-corrected chi connectivity index (χ2v) is 4.48. The van der Waals surface area contributed by atoms with E-state index in [-0.39, 0.29) is 28.7 Å². The van der Waals surface area contributed by atoms with Crippen LogP contribution in [0.3, 0.4) is 0 Å². The maximum Gasteiger partial charge on any atom is 0.416 e. The highest BCUT2D eigenvalue weighted by Crippen LogP contribution is 2.36. The van der Waals surface area contributed by atoms with Crippen LogP contribution in [0.25, 0.3) is 11.3 Å². The minimum absolute atomic E-state index is 0.0574. The van der Waals surface area contributed by atoms with Gasteiger partial charge >= 0.3 is 12.1 Å². The molecule has 0 aliphatic rings. The third kappa shape index (κ3) is 3.39. The van der Waals surface area contributed by atoms with Gasteiger partial charge in [-0.15, -0.1) is 0 Å². The van der Waals surface area contributed by atoms with E-state index in [2.05, 4.69) is 0 Å². The Morgan fingerprint density at radius 2 is 2.00 bits per heavy atom. The Labute approximate surface area is 123 Å². The number of benzene rings is 1. The third-order valence-corrected chi connectivity index (χ3v) is 2.97. The van der Waals surface area contributed by atoms with Crippen molar-refractivity contribution < 1.29 is 27.1 Å². The minimum atomic E-state index is -4.49. The van der Waals surface area contributed by atoms with Gasteiger partial charge in [-0.05, 0) is 37.3 Å². The predicted octanol–water partition coefficient (Wildman–Crippen LogP) is 4.80. The van der Waals surface area contributed by atoms with Crippen molar-refractivity contribution in [1.82, 2.24) is 0 Å². The molecule has 0 spiro atoms. The lowest BCUT2D eigenvalue weighted by Gasteiger charge is -2.09. The van der Waals surface area contributed by atoms with Gasteiger partial charge in [-0.25, -0.2) is 4.79 Å². The molecule has 0 amide bonds. The van der Waals surface area contributed by atoms with Crippen LogP contribution in [0.5, 0.6) is 0 Å². The number of rotatable bonds is 3. The van der Waals surface area contributed by atoms with Crippen molar-refractivity contribution in [2.24, 2.45) is 0 Å². The van der Waals surface area contributed by atoms with E-state index >= 15 is 0 Å². The molecule has 0 fully saturated rings. The van der Waals surface area contributed by atoms with Gasteiger partial charge < -0.3 is 9.15 Å². The van der Waals surface area contributed by atoms with Crippen LogP contribution in [0.2, 0.25) is 5.02 Å². The molecule has 2 aromatic rings. The van der Waals surface area contributed by atoms with Gasteiger partial charge in [0.1, 0.15) is 5.76 Å². The zero-order valence-corrected chi connectivity index (χ0v) is 11.6. The van der Waals surface area contributed by atoms with Crippen LogP contribution in [-0.4, -0.2) is 12.6 Å². The fraction of sp³-hybridized carbons (Fsp3) is 0.214. The first kappa shape index (κ1) is 15.4. The number of carbonyl (C=O) groups is 1. The number of ether oxygens (including phenoxy) is 1. The summed E-state index contributed by atoms with van der Waals surface area (Å²) >= 11 is 5.89. The standard InChI is InChI=1S/C14H10ClF3O3/c1-2-20-13(19)12-6-5-11(21-12)9-7-8(14(16,17)18)3-4-10(9)15/h3-7H,2H2,1H3. The third-order valence-electron chi connectivity index (χ3n) is 2.64. The zero-order chi connectivity index (χ0) is 15.6. The quantitative estimate of drug-likeness (QED) is 0.763. The molecule has 3 nitrogen and oxygen atoms in total. The van der Waals surface area contributed by atoms with E-state index in [1.54, 1.807) is 6.92 Å². The van der Waals surface area contributed by atoms with Gasteiger partial charge in [-0.3, -0.25) is 0 Å². The lowest BCUT2D eigenvalue weighted by Crippen LogP contribution is -2.04. The average Bonchev–Trinajstić information content (AvgIpc) is 2.87. The Balaban J connectivity index is 2.40. The monoisotopic (exact) mass is 318 g/mol. The summed E-state index contributed by atoms with van der Waals surface area (Å²) < 4.78 is 48.0. The zero-order valence-electron chi connectivity index (χ0n) is 10.8. The largest absolute Gasteiger partial charge is 0.460 e. The minimum Gasteiger partial charge on any atom is -0.460 e. The lowest BCUT2D eigenvalue weighted by molar-refractivity contribution is -0.137. The van der Waals surface area contributed by atoms with Gasteiger partial charge in [0.05, 0.1) is 17.2 Å². The smallest absolute Gasteiger partial charge is 0.416 e. The van der Waals surface area contributed by atoms with E-state index in [4.69, 9.17) is 20.8 Å². The number of hydrogen-bond acceptors (Lipinski definition) is 3. The number of alkyl halides is 3. The summed E-state index contributed by atoms with van der Waals surface area (Å²) in [6, 6.07) is 5.57. The molecular formula is C14H10ClF3O3. The van der Waals surface area contributed by atoms with E-state index in [1.807, 2.05) is 0 Å². The second-order valence-electron chi connectivity index (χ2n) is 4.08. The van der Waals surface area contributed by atoms with E-state index < -0.39 is 17.7 Å². The molecule has 0 radical (unpaired) electrons. The molecule has 0 aliphatic carbocycles. The lowest BCUT2D eigenvalue weighted by atomic mass is 10.1. The normalized spacial score (nSPS) is 11.5. The van der Waals surface area contributed by atoms with Crippen molar-refractivity contribution in [3.05, 3.63) is 46.7 Å². The molecule has 1 aromatic heterocycles. The highest BCUT2D eigenvalue weighted by Gasteiger charge is 2.31. The van der Waals surface area contributed by atoms with Crippen LogP contribution < -0.4 is 0 Å². The van der Waals surface area contributed by atoms with E-state index in [1.165, 1.54) is 12.1 Å². The summed E-state index contributed by atoms with van der Waals surface area (Å²) in [5.74, 6) is -0.721. The topological polar surface area (TPSA) is 39.4 Å². The van der Waals surface area contributed by atoms with Crippen LogP contribution in [0.1, 0.15) is 23.0 Å². The number of carbonyl (C=O) groups excluding carboxylic acids is 1.